The third-order valence-corrected chi connectivity index (χ3v) is 5.44. The molecule has 1 fully saturated rings. The van der Waals surface area contributed by atoms with Crippen LogP contribution in [0.5, 0.6) is 0 Å². The SMILES string of the molecule is CC(C)NC(=O)N1C[C@H](C(=O)NCCc2ccccc2)CC[C@@H]1c1ccc(F)cc1. The van der Waals surface area contributed by atoms with Crippen molar-refractivity contribution in [1.82, 2.24) is 15.5 Å². The number of piperidine rings is 1. The Morgan fingerprint density at radius 3 is 2.43 bits per heavy atom. The van der Waals surface area contributed by atoms with E-state index in [1.165, 1.54) is 17.7 Å². The van der Waals surface area contributed by atoms with Gasteiger partial charge in [-0.2, -0.15) is 0 Å². The average Bonchev–Trinajstić information content (AvgIpc) is 2.74. The maximum atomic E-state index is 13.3. The van der Waals surface area contributed by atoms with Crippen LogP contribution in [0.2, 0.25) is 0 Å². The summed E-state index contributed by atoms with van der Waals surface area (Å²) in [4.78, 5) is 27.3. The number of amides is 3. The summed E-state index contributed by atoms with van der Waals surface area (Å²) in [6.07, 6.45) is 2.12. The van der Waals surface area contributed by atoms with E-state index < -0.39 is 0 Å². The van der Waals surface area contributed by atoms with Gasteiger partial charge in [0.25, 0.3) is 0 Å². The lowest BCUT2D eigenvalue weighted by Gasteiger charge is -2.39. The first-order chi connectivity index (χ1) is 14.4. The van der Waals surface area contributed by atoms with Gasteiger partial charge in [0.05, 0.1) is 12.0 Å². The van der Waals surface area contributed by atoms with E-state index in [0.29, 0.717) is 25.9 Å². The quantitative estimate of drug-likeness (QED) is 0.753. The highest BCUT2D eigenvalue weighted by Crippen LogP contribution is 2.33. The van der Waals surface area contributed by atoms with Crippen LogP contribution in [0.1, 0.15) is 43.9 Å². The highest BCUT2D eigenvalue weighted by atomic mass is 19.1. The predicted octanol–water partition coefficient (Wildman–Crippen LogP) is 4.06. The minimum absolute atomic E-state index is 0.00792. The second-order valence-electron chi connectivity index (χ2n) is 8.12. The Kier molecular flexibility index (Phi) is 7.44. The fourth-order valence-electron chi connectivity index (χ4n) is 3.89. The van der Waals surface area contributed by atoms with E-state index >= 15 is 0 Å². The number of urea groups is 1. The van der Waals surface area contributed by atoms with Gasteiger partial charge in [-0.25, -0.2) is 9.18 Å². The molecule has 2 aromatic rings. The van der Waals surface area contributed by atoms with Crippen molar-refractivity contribution in [2.24, 2.45) is 5.92 Å². The molecule has 1 aliphatic heterocycles. The van der Waals surface area contributed by atoms with Crippen molar-refractivity contribution >= 4 is 11.9 Å². The van der Waals surface area contributed by atoms with Crippen molar-refractivity contribution < 1.29 is 14.0 Å². The number of nitrogens with one attached hydrogen (secondary N) is 2. The van der Waals surface area contributed by atoms with Crippen LogP contribution in [0.25, 0.3) is 0 Å². The fraction of sp³-hybridized carbons (Fsp3) is 0.417. The number of carbonyl (C=O) groups is 2. The molecule has 160 valence electrons. The lowest BCUT2D eigenvalue weighted by atomic mass is 9.88. The van der Waals surface area contributed by atoms with E-state index in [1.807, 2.05) is 44.2 Å². The molecule has 3 amide bonds. The number of likely N-dealkylation sites (tertiary alicyclic amines) is 1. The van der Waals surface area contributed by atoms with Crippen molar-refractivity contribution in [2.75, 3.05) is 13.1 Å². The summed E-state index contributed by atoms with van der Waals surface area (Å²) in [7, 11) is 0. The Morgan fingerprint density at radius 2 is 1.77 bits per heavy atom. The molecule has 3 rings (SSSR count). The van der Waals surface area contributed by atoms with Gasteiger partial charge >= 0.3 is 6.03 Å². The number of nitrogens with zero attached hydrogens (tertiary/aromatic N) is 1. The molecular formula is C24H30FN3O2. The van der Waals surface area contributed by atoms with Gasteiger partial charge in [0.15, 0.2) is 0 Å². The molecule has 0 aliphatic carbocycles. The molecule has 0 unspecified atom stereocenters. The lowest BCUT2D eigenvalue weighted by Crippen LogP contribution is -2.51. The highest BCUT2D eigenvalue weighted by molar-refractivity contribution is 5.81. The molecule has 6 heteroatoms. The first-order valence-corrected chi connectivity index (χ1v) is 10.6. The van der Waals surface area contributed by atoms with E-state index in [9.17, 15) is 14.0 Å². The fourth-order valence-corrected chi connectivity index (χ4v) is 3.89. The predicted molar refractivity (Wildman–Crippen MR) is 115 cm³/mol. The molecule has 2 atom stereocenters. The smallest absolute Gasteiger partial charge is 0.318 e. The second kappa shape index (κ2) is 10.2. The molecule has 1 saturated heterocycles. The summed E-state index contributed by atoms with van der Waals surface area (Å²) in [6.45, 7) is 4.72. The Labute approximate surface area is 177 Å². The van der Waals surface area contributed by atoms with Crippen molar-refractivity contribution in [3.05, 3.63) is 71.5 Å². The maximum absolute atomic E-state index is 13.3. The standard InChI is InChI=1S/C24H30FN3O2/c1-17(2)27-24(30)28-16-20(10-13-22(28)19-8-11-21(25)12-9-19)23(29)26-15-14-18-6-4-3-5-7-18/h3-9,11-12,17,20,22H,10,13-16H2,1-2H3,(H,26,29)(H,27,30)/t20-,22-/m1/s1. The number of hydrogen-bond acceptors (Lipinski definition) is 2. The monoisotopic (exact) mass is 411 g/mol. The summed E-state index contributed by atoms with van der Waals surface area (Å²) in [5, 5.41) is 5.95. The number of benzene rings is 2. The maximum Gasteiger partial charge on any atom is 0.318 e. The van der Waals surface area contributed by atoms with Gasteiger partial charge in [-0.1, -0.05) is 42.5 Å². The summed E-state index contributed by atoms with van der Waals surface area (Å²) in [5.74, 6) is -0.579. The Morgan fingerprint density at radius 1 is 1.07 bits per heavy atom. The van der Waals surface area contributed by atoms with E-state index in [1.54, 1.807) is 17.0 Å². The highest BCUT2D eigenvalue weighted by Gasteiger charge is 2.35. The summed E-state index contributed by atoms with van der Waals surface area (Å²) in [5.41, 5.74) is 2.06. The summed E-state index contributed by atoms with van der Waals surface area (Å²) >= 11 is 0. The summed E-state index contributed by atoms with van der Waals surface area (Å²) in [6, 6.07) is 15.9. The van der Waals surface area contributed by atoms with Crippen molar-refractivity contribution in [3.63, 3.8) is 0 Å². The molecular weight excluding hydrogens is 381 g/mol. The van der Waals surface area contributed by atoms with Gasteiger partial charge in [-0.05, 0) is 56.4 Å². The van der Waals surface area contributed by atoms with Gasteiger partial charge in [0.1, 0.15) is 5.82 Å². The number of hydrogen-bond donors (Lipinski definition) is 2. The molecule has 1 aliphatic rings. The summed E-state index contributed by atoms with van der Waals surface area (Å²) < 4.78 is 13.3. The largest absolute Gasteiger partial charge is 0.355 e. The molecule has 0 radical (unpaired) electrons. The van der Waals surface area contributed by atoms with Crippen LogP contribution in [-0.4, -0.2) is 36.0 Å². The molecule has 0 bridgehead atoms. The van der Waals surface area contributed by atoms with Gasteiger partial charge < -0.3 is 15.5 Å². The third-order valence-electron chi connectivity index (χ3n) is 5.44. The molecule has 5 nitrogen and oxygen atoms in total. The normalized spacial score (nSPS) is 18.9. The number of rotatable bonds is 6. The zero-order valence-corrected chi connectivity index (χ0v) is 17.6. The van der Waals surface area contributed by atoms with Crippen LogP contribution >= 0.6 is 0 Å². The van der Waals surface area contributed by atoms with E-state index in [0.717, 1.165) is 12.0 Å². The average molecular weight is 412 g/mol. The minimum Gasteiger partial charge on any atom is -0.355 e. The third kappa shape index (κ3) is 5.81. The van der Waals surface area contributed by atoms with E-state index in [2.05, 4.69) is 10.6 Å². The molecule has 1 heterocycles. The van der Waals surface area contributed by atoms with Gasteiger partial charge in [-0.3, -0.25) is 4.79 Å². The van der Waals surface area contributed by atoms with Gasteiger partial charge in [-0.15, -0.1) is 0 Å². The molecule has 0 saturated carbocycles. The number of halogens is 1. The van der Waals surface area contributed by atoms with Crippen LogP contribution in [0.3, 0.4) is 0 Å². The number of carbonyl (C=O) groups excluding carboxylic acids is 2. The first-order valence-electron chi connectivity index (χ1n) is 10.6. The van der Waals surface area contributed by atoms with Gasteiger partial charge in [0.2, 0.25) is 5.91 Å². The lowest BCUT2D eigenvalue weighted by molar-refractivity contribution is -0.126. The Hall–Kier alpha value is -2.89. The Balaban J connectivity index is 1.64. The molecule has 0 spiro atoms. The Bertz CT molecular complexity index is 839. The van der Waals surface area contributed by atoms with Gasteiger partial charge in [0, 0.05) is 19.1 Å². The van der Waals surface area contributed by atoms with E-state index in [4.69, 9.17) is 0 Å². The zero-order valence-electron chi connectivity index (χ0n) is 17.6. The zero-order chi connectivity index (χ0) is 21.5. The molecule has 30 heavy (non-hydrogen) atoms. The van der Waals surface area contributed by atoms with Crippen molar-refractivity contribution in [1.29, 1.82) is 0 Å². The molecule has 2 N–H and O–H groups in total. The first kappa shape index (κ1) is 21.8. The van der Waals surface area contributed by atoms with E-state index in [-0.39, 0.29) is 35.8 Å². The van der Waals surface area contributed by atoms with Crippen LogP contribution in [0.15, 0.2) is 54.6 Å². The minimum atomic E-state index is -0.302. The molecule has 0 aromatic heterocycles. The topological polar surface area (TPSA) is 61.4 Å². The van der Waals surface area contributed by atoms with Crippen LogP contribution in [0.4, 0.5) is 9.18 Å². The van der Waals surface area contributed by atoms with Crippen LogP contribution in [-0.2, 0) is 11.2 Å². The molecule has 2 aromatic carbocycles. The van der Waals surface area contributed by atoms with Crippen molar-refractivity contribution in [2.45, 2.75) is 45.2 Å². The second-order valence-corrected chi connectivity index (χ2v) is 8.12. The van der Waals surface area contributed by atoms with Crippen LogP contribution in [0, 0.1) is 11.7 Å². The van der Waals surface area contributed by atoms with Crippen molar-refractivity contribution in [3.8, 4) is 0 Å². The van der Waals surface area contributed by atoms with Crippen LogP contribution < -0.4 is 10.6 Å².